The molecule has 1 fully saturated rings. The first-order valence-electron chi connectivity index (χ1n) is 11.1. The number of hydrogen-bond donors (Lipinski definition) is 3. The maximum atomic E-state index is 14.7. The van der Waals surface area contributed by atoms with Crippen LogP contribution in [0.2, 0.25) is 10.0 Å². The predicted molar refractivity (Wildman–Crippen MR) is 145 cm³/mol. The standard InChI is InChI=1S/C24H20Cl2FN7O2S/c25-15-3-2-14(12-16(15)26)30-23(35)32-19-11-13(1-4-17(19)27)21-20(18-5-6-29-22(28)31-18)33-24(37-21)34-7-9-36-10-8-34/h1-6,11-12H,7-10H2,(H2,28,29,31)(H2,30,32,35). The Morgan fingerprint density at radius 1 is 1.05 bits per heavy atom. The predicted octanol–water partition coefficient (Wildman–Crippen LogP) is 5.78. The van der Waals surface area contributed by atoms with Gasteiger partial charge < -0.3 is 26.0 Å². The lowest BCUT2D eigenvalue weighted by molar-refractivity contribution is 0.122. The topological polar surface area (TPSA) is 118 Å². The van der Waals surface area contributed by atoms with E-state index in [1.165, 1.54) is 23.5 Å². The van der Waals surface area contributed by atoms with Gasteiger partial charge in [0.15, 0.2) is 5.13 Å². The van der Waals surface area contributed by atoms with Crippen molar-refractivity contribution < 1.29 is 13.9 Å². The Morgan fingerprint density at radius 3 is 2.62 bits per heavy atom. The number of carbonyl (C=O) groups is 1. The molecule has 2 aromatic carbocycles. The second kappa shape index (κ2) is 10.9. The number of nitrogens with one attached hydrogen (secondary N) is 2. The number of urea groups is 1. The molecule has 1 aliphatic rings. The Kier molecular flexibility index (Phi) is 7.38. The fourth-order valence-electron chi connectivity index (χ4n) is 3.69. The molecule has 2 aromatic heterocycles. The first-order chi connectivity index (χ1) is 17.9. The van der Waals surface area contributed by atoms with E-state index in [1.807, 2.05) is 0 Å². The van der Waals surface area contributed by atoms with Crippen LogP contribution in [0.5, 0.6) is 0 Å². The number of carbonyl (C=O) groups excluding carboxylic acids is 1. The van der Waals surface area contributed by atoms with E-state index in [0.717, 1.165) is 10.0 Å². The van der Waals surface area contributed by atoms with Crippen molar-refractivity contribution in [2.45, 2.75) is 0 Å². The van der Waals surface area contributed by atoms with Gasteiger partial charge in [-0.15, -0.1) is 0 Å². The summed E-state index contributed by atoms with van der Waals surface area (Å²) >= 11 is 13.4. The maximum Gasteiger partial charge on any atom is 0.323 e. The minimum Gasteiger partial charge on any atom is -0.378 e. The molecular weight excluding hydrogens is 540 g/mol. The molecule has 5 rings (SSSR count). The molecule has 4 N–H and O–H groups in total. The number of nitrogens with two attached hydrogens (primary N) is 1. The molecule has 0 bridgehead atoms. The third-order valence-corrected chi connectivity index (χ3v) is 7.37. The summed E-state index contributed by atoms with van der Waals surface area (Å²) in [5, 5.41) is 6.59. The first kappa shape index (κ1) is 25.2. The van der Waals surface area contributed by atoms with Crippen LogP contribution >= 0.6 is 34.5 Å². The lowest BCUT2D eigenvalue weighted by Gasteiger charge is -2.26. The van der Waals surface area contributed by atoms with Crippen molar-refractivity contribution >= 4 is 63.0 Å². The quantitative estimate of drug-likeness (QED) is 0.283. The highest BCUT2D eigenvalue weighted by Crippen LogP contribution is 2.41. The number of nitrogens with zero attached hydrogens (tertiary/aromatic N) is 4. The van der Waals surface area contributed by atoms with Gasteiger partial charge in [-0.3, -0.25) is 0 Å². The molecule has 13 heteroatoms. The summed E-state index contributed by atoms with van der Waals surface area (Å²) in [5.41, 5.74) is 7.99. The number of halogens is 3. The molecule has 37 heavy (non-hydrogen) atoms. The lowest BCUT2D eigenvalue weighted by Crippen LogP contribution is -2.36. The first-order valence-corrected chi connectivity index (χ1v) is 12.7. The SMILES string of the molecule is Nc1nccc(-c2nc(N3CCOCC3)sc2-c2ccc(F)c(NC(=O)Nc3ccc(Cl)c(Cl)c3)c2)n1. The molecule has 1 aliphatic heterocycles. The van der Waals surface area contributed by atoms with Gasteiger partial charge in [0.25, 0.3) is 0 Å². The zero-order valence-electron chi connectivity index (χ0n) is 19.2. The normalized spacial score (nSPS) is 13.4. The van der Waals surface area contributed by atoms with Crippen LogP contribution in [0.1, 0.15) is 0 Å². The molecule has 0 atom stereocenters. The largest absolute Gasteiger partial charge is 0.378 e. The second-order valence-corrected chi connectivity index (χ2v) is 9.77. The monoisotopic (exact) mass is 559 g/mol. The molecule has 190 valence electrons. The van der Waals surface area contributed by atoms with Gasteiger partial charge in [0, 0.05) is 25.0 Å². The summed E-state index contributed by atoms with van der Waals surface area (Å²) in [6, 6.07) is 10.2. The van der Waals surface area contributed by atoms with Crippen LogP contribution in [-0.2, 0) is 4.74 Å². The van der Waals surface area contributed by atoms with Gasteiger partial charge in [0.2, 0.25) is 5.95 Å². The van der Waals surface area contributed by atoms with Crippen LogP contribution in [0, 0.1) is 5.82 Å². The average molecular weight is 560 g/mol. The fraction of sp³-hybridized carbons (Fsp3) is 0.167. The van der Waals surface area contributed by atoms with E-state index < -0.39 is 11.8 Å². The Hall–Kier alpha value is -3.51. The molecule has 1 saturated heterocycles. The van der Waals surface area contributed by atoms with Crippen molar-refractivity contribution in [3.8, 4) is 21.8 Å². The number of amides is 2. The van der Waals surface area contributed by atoms with Crippen molar-refractivity contribution in [1.82, 2.24) is 15.0 Å². The van der Waals surface area contributed by atoms with E-state index in [0.29, 0.717) is 54.0 Å². The van der Waals surface area contributed by atoms with Crippen molar-refractivity contribution in [1.29, 1.82) is 0 Å². The maximum absolute atomic E-state index is 14.7. The van der Waals surface area contributed by atoms with E-state index in [-0.39, 0.29) is 16.7 Å². The summed E-state index contributed by atoms with van der Waals surface area (Å²) in [6.45, 7) is 2.60. The van der Waals surface area contributed by atoms with Crippen LogP contribution in [0.3, 0.4) is 0 Å². The highest BCUT2D eigenvalue weighted by molar-refractivity contribution is 7.19. The highest BCUT2D eigenvalue weighted by atomic mass is 35.5. The number of nitrogen functional groups attached to an aromatic ring is 1. The van der Waals surface area contributed by atoms with E-state index in [1.54, 1.807) is 36.5 Å². The Bertz CT molecular complexity index is 1460. The van der Waals surface area contributed by atoms with Crippen molar-refractivity contribution in [3.63, 3.8) is 0 Å². The molecule has 9 nitrogen and oxygen atoms in total. The van der Waals surface area contributed by atoms with Gasteiger partial charge in [-0.05, 0) is 42.0 Å². The molecule has 0 radical (unpaired) electrons. The average Bonchev–Trinajstić information content (AvgIpc) is 3.34. The van der Waals surface area contributed by atoms with Crippen LogP contribution in [-0.4, -0.2) is 47.3 Å². The fourth-order valence-corrected chi connectivity index (χ4v) is 5.12. The van der Waals surface area contributed by atoms with E-state index in [2.05, 4.69) is 25.5 Å². The van der Waals surface area contributed by atoms with Gasteiger partial charge in [-0.25, -0.2) is 24.1 Å². The lowest BCUT2D eigenvalue weighted by atomic mass is 10.1. The molecule has 0 aliphatic carbocycles. The number of thiazole rings is 1. The number of aromatic nitrogens is 3. The molecular formula is C24H20Cl2FN7O2S. The van der Waals surface area contributed by atoms with Gasteiger partial charge in [-0.1, -0.05) is 40.6 Å². The zero-order valence-corrected chi connectivity index (χ0v) is 21.5. The molecule has 0 saturated carbocycles. The number of benzene rings is 2. The summed E-state index contributed by atoms with van der Waals surface area (Å²) in [5.74, 6) is -0.483. The van der Waals surface area contributed by atoms with Crippen molar-refractivity contribution in [2.24, 2.45) is 0 Å². The van der Waals surface area contributed by atoms with E-state index in [4.69, 9.17) is 38.7 Å². The molecule has 2 amide bonds. The van der Waals surface area contributed by atoms with Crippen LogP contribution in [0.4, 0.5) is 31.6 Å². The summed E-state index contributed by atoms with van der Waals surface area (Å²) in [4.78, 5) is 28.6. The molecule has 0 unspecified atom stereocenters. The summed E-state index contributed by atoms with van der Waals surface area (Å²) < 4.78 is 20.2. The van der Waals surface area contributed by atoms with Crippen LogP contribution < -0.4 is 21.3 Å². The zero-order chi connectivity index (χ0) is 25.9. The smallest absolute Gasteiger partial charge is 0.323 e. The molecule has 4 aromatic rings. The minimum atomic E-state index is -0.642. The van der Waals surface area contributed by atoms with E-state index in [9.17, 15) is 9.18 Å². The number of anilines is 4. The van der Waals surface area contributed by atoms with Crippen LogP contribution in [0.25, 0.3) is 21.8 Å². The minimum absolute atomic E-state index is 0.00969. The van der Waals surface area contributed by atoms with Gasteiger partial charge in [0.1, 0.15) is 11.5 Å². The van der Waals surface area contributed by atoms with Crippen LogP contribution in [0.15, 0.2) is 48.7 Å². The number of rotatable bonds is 5. The van der Waals surface area contributed by atoms with Crippen molar-refractivity contribution in [2.75, 3.05) is 47.6 Å². The number of hydrogen-bond acceptors (Lipinski definition) is 8. The Balaban J connectivity index is 1.47. The molecule has 3 heterocycles. The molecule has 0 spiro atoms. The Morgan fingerprint density at radius 2 is 1.86 bits per heavy atom. The third-order valence-electron chi connectivity index (χ3n) is 5.47. The van der Waals surface area contributed by atoms with Crippen molar-refractivity contribution in [3.05, 3.63) is 64.5 Å². The summed E-state index contributed by atoms with van der Waals surface area (Å²) in [6.07, 6.45) is 1.56. The third kappa shape index (κ3) is 5.75. The highest BCUT2D eigenvalue weighted by Gasteiger charge is 2.22. The van der Waals surface area contributed by atoms with Gasteiger partial charge >= 0.3 is 6.03 Å². The number of morpholine rings is 1. The van der Waals surface area contributed by atoms with E-state index >= 15 is 0 Å². The summed E-state index contributed by atoms with van der Waals surface area (Å²) in [7, 11) is 0. The Labute approximate surface area is 225 Å². The van der Waals surface area contributed by atoms with Gasteiger partial charge in [0.05, 0.1) is 39.5 Å². The van der Waals surface area contributed by atoms with Gasteiger partial charge in [-0.2, -0.15) is 0 Å². The number of ether oxygens (including phenoxy) is 1. The second-order valence-electron chi connectivity index (χ2n) is 7.98.